The number of pyridine rings is 1. The molecule has 0 aliphatic rings. The summed E-state index contributed by atoms with van der Waals surface area (Å²) in [6.07, 6.45) is -3.16. The molecule has 1 rings (SSSR count). The van der Waals surface area contributed by atoms with E-state index in [-0.39, 0.29) is 18.0 Å². The second-order valence-corrected chi connectivity index (χ2v) is 3.16. The summed E-state index contributed by atoms with van der Waals surface area (Å²) in [7, 11) is 2.34. The highest BCUT2D eigenvalue weighted by molar-refractivity contribution is 5.71. The number of carbonyl (C=O) groups is 1. The first-order chi connectivity index (χ1) is 7.99. The Labute approximate surface area is 95.4 Å². The van der Waals surface area contributed by atoms with Crippen LogP contribution in [0.1, 0.15) is 17.7 Å². The molecule has 0 saturated heterocycles. The lowest BCUT2D eigenvalue weighted by Crippen LogP contribution is -2.16. The van der Waals surface area contributed by atoms with Crippen molar-refractivity contribution in [3.05, 3.63) is 27.5 Å². The Morgan fingerprint density at radius 2 is 2.12 bits per heavy atom. The molecule has 17 heavy (non-hydrogen) atoms. The standard InChI is InChI=1S/C10H11F2NO4/c1-16-7(15)4-5-3-6(14)8(9(11)12)10(13-5)17-2/h3,9H,4H2,1-2H3,(H,13,14). The van der Waals surface area contributed by atoms with Crippen molar-refractivity contribution in [2.45, 2.75) is 12.8 Å². The fourth-order valence-corrected chi connectivity index (χ4v) is 1.29. The molecule has 0 amide bonds. The minimum absolute atomic E-state index is 0.156. The summed E-state index contributed by atoms with van der Waals surface area (Å²) in [5, 5.41) is 0. The van der Waals surface area contributed by atoms with Gasteiger partial charge in [0.25, 0.3) is 6.43 Å². The predicted octanol–water partition coefficient (Wildman–Crippen LogP) is 1.04. The van der Waals surface area contributed by atoms with Gasteiger partial charge in [0.1, 0.15) is 5.56 Å². The lowest BCUT2D eigenvalue weighted by Gasteiger charge is -2.09. The number of aromatic amines is 1. The van der Waals surface area contributed by atoms with Gasteiger partial charge in [-0.05, 0) is 0 Å². The van der Waals surface area contributed by atoms with Crippen LogP contribution >= 0.6 is 0 Å². The number of alkyl halides is 2. The molecular weight excluding hydrogens is 236 g/mol. The first-order valence-corrected chi connectivity index (χ1v) is 4.64. The van der Waals surface area contributed by atoms with Crippen LogP contribution in [-0.4, -0.2) is 25.2 Å². The fourth-order valence-electron chi connectivity index (χ4n) is 1.29. The molecule has 94 valence electrons. The Hall–Kier alpha value is -1.92. The highest BCUT2D eigenvalue weighted by Gasteiger charge is 2.20. The summed E-state index contributed by atoms with van der Waals surface area (Å²) in [5.41, 5.74) is -1.47. The van der Waals surface area contributed by atoms with Crippen molar-refractivity contribution in [3.63, 3.8) is 0 Å². The van der Waals surface area contributed by atoms with Gasteiger partial charge in [-0.1, -0.05) is 0 Å². The number of rotatable bonds is 4. The molecule has 0 fully saturated rings. The van der Waals surface area contributed by atoms with Crippen LogP contribution in [0.5, 0.6) is 5.88 Å². The normalized spacial score (nSPS) is 10.4. The number of ether oxygens (including phenoxy) is 2. The van der Waals surface area contributed by atoms with Gasteiger partial charge in [0.05, 0.1) is 20.6 Å². The maximum atomic E-state index is 12.5. The smallest absolute Gasteiger partial charge is 0.311 e. The Balaban J connectivity index is 3.18. The summed E-state index contributed by atoms with van der Waals surface area (Å²) in [6.45, 7) is 0. The molecule has 0 spiro atoms. The first kappa shape index (κ1) is 13.1. The molecule has 0 unspecified atom stereocenters. The molecule has 1 N–H and O–H groups in total. The Bertz CT molecular complexity index is 470. The summed E-state index contributed by atoms with van der Waals surface area (Å²) in [6, 6.07) is 0.931. The Morgan fingerprint density at radius 1 is 1.47 bits per heavy atom. The molecule has 7 heteroatoms. The summed E-state index contributed by atoms with van der Waals surface area (Å²) < 4.78 is 34.1. The third-order valence-corrected chi connectivity index (χ3v) is 2.07. The van der Waals surface area contributed by atoms with Crippen molar-refractivity contribution >= 4 is 5.97 Å². The minimum atomic E-state index is -2.94. The van der Waals surface area contributed by atoms with Gasteiger partial charge in [0, 0.05) is 11.8 Å². The van der Waals surface area contributed by atoms with E-state index in [0.717, 1.165) is 13.2 Å². The lowest BCUT2D eigenvalue weighted by atomic mass is 10.2. The van der Waals surface area contributed by atoms with E-state index in [1.165, 1.54) is 7.11 Å². The summed E-state index contributed by atoms with van der Waals surface area (Å²) in [5.74, 6) is -0.932. The maximum absolute atomic E-state index is 12.5. The largest absolute Gasteiger partial charge is 0.482 e. The van der Waals surface area contributed by atoms with E-state index in [1.807, 2.05) is 0 Å². The van der Waals surface area contributed by atoms with Crippen molar-refractivity contribution in [2.24, 2.45) is 0 Å². The van der Waals surface area contributed by atoms with Crippen LogP contribution in [0.15, 0.2) is 10.9 Å². The fraction of sp³-hybridized carbons (Fsp3) is 0.400. The number of aromatic nitrogens is 1. The van der Waals surface area contributed by atoms with Crippen LogP contribution in [0.2, 0.25) is 0 Å². The van der Waals surface area contributed by atoms with Crippen molar-refractivity contribution in [1.29, 1.82) is 0 Å². The number of esters is 1. The topological polar surface area (TPSA) is 68.4 Å². The van der Waals surface area contributed by atoms with E-state index in [1.54, 1.807) is 0 Å². The van der Waals surface area contributed by atoms with E-state index >= 15 is 0 Å². The number of hydrogen-bond donors (Lipinski definition) is 1. The molecule has 0 aliphatic heterocycles. The van der Waals surface area contributed by atoms with Crippen molar-refractivity contribution in [3.8, 4) is 5.88 Å². The monoisotopic (exact) mass is 247 g/mol. The minimum Gasteiger partial charge on any atom is -0.482 e. The number of nitrogens with one attached hydrogen (secondary N) is 1. The van der Waals surface area contributed by atoms with Gasteiger partial charge in [0.2, 0.25) is 5.88 Å². The van der Waals surface area contributed by atoms with E-state index in [0.29, 0.717) is 0 Å². The zero-order valence-electron chi connectivity index (χ0n) is 9.25. The zero-order chi connectivity index (χ0) is 13.0. The first-order valence-electron chi connectivity index (χ1n) is 4.64. The van der Waals surface area contributed by atoms with Crippen LogP contribution in [0.3, 0.4) is 0 Å². The third kappa shape index (κ3) is 3.02. The number of hydrogen-bond acceptors (Lipinski definition) is 4. The van der Waals surface area contributed by atoms with Crippen molar-refractivity contribution in [2.75, 3.05) is 14.2 Å². The Morgan fingerprint density at radius 3 is 2.59 bits per heavy atom. The number of carbonyl (C=O) groups excluding carboxylic acids is 1. The molecule has 0 atom stereocenters. The summed E-state index contributed by atoms with van der Waals surface area (Å²) in [4.78, 5) is 24.8. The van der Waals surface area contributed by atoms with Crippen molar-refractivity contribution in [1.82, 2.24) is 4.98 Å². The number of halogens is 2. The number of H-pyrrole nitrogens is 1. The molecule has 5 nitrogen and oxygen atoms in total. The van der Waals surface area contributed by atoms with E-state index in [4.69, 9.17) is 0 Å². The molecule has 0 radical (unpaired) electrons. The second-order valence-electron chi connectivity index (χ2n) is 3.16. The molecule has 1 aromatic rings. The molecule has 0 bridgehead atoms. The second kappa shape index (κ2) is 5.42. The van der Waals surface area contributed by atoms with E-state index in [2.05, 4.69) is 14.5 Å². The summed E-state index contributed by atoms with van der Waals surface area (Å²) >= 11 is 0. The van der Waals surface area contributed by atoms with Gasteiger partial charge >= 0.3 is 5.97 Å². The van der Waals surface area contributed by atoms with Crippen LogP contribution in [0.4, 0.5) is 8.78 Å². The molecule has 0 aliphatic carbocycles. The van der Waals surface area contributed by atoms with Crippen molar-refractivity contribution < 1.29 is 23.0 Å². The average molecular weight is 247 g/mol. The molecule has 0 aromatic carbocycles. The molecule has 1 aromatic heterocycles. The van der Waals surface area contributed by atoms with Gasteiger partial charge in [-0.25, -0.2) is 8.78 Å². The highest BCUT2D eigenvalue weighted by Crippen LogP contribution is 2.23. The van der Waals surface area contributed by atoms with Gasteiger partial charge in [-0.2, -0.15) is 0 Å². The average Bonchev–Trinajstić information content (AvgIpc) is 2.27. The number of methoxy groups -OCH3 is 2. The lowest BCUT2D eigenvalue weighted by molar-refractivity contribution is -0.139. The highest BCUT2D eigenvalue weighted by atomic mass is 19.3. The van der Waals surface area contributed by atoms with Gasteiger partial charge in [-0.15, -0.1) is 0 Å². The third-order valence-electron chi connectivity index (χ3n) is 2.07. The quantitative estimate of drug-likeness (QED) is 0.807. The van der Waals surface area contributed by atoms with Crippen LogP contribution in [-0.2, 0) is 16.0 Å². The molecule has 1 heterocycles. The predicted molar refractivity (Wildman–Crippen MR) is 54.3 cm³/mol. The molecular formula is C10H11F2NO4. The molecule has 0 saturated carbocycles. The zero-order valence-corrected chi connectivity index (χ0v) is 9.25. The SMILES string of the molecule is COC(=O)Cc1cc(=O)c(C(F)F)c(OC)[nH]1. The van der Waals surface area contributed by atoms with Gasteiger partial charge in [0.15, 0.2) is 5.43 Å². The van der Waals surface area contributed by atoms with Gasteiger partial charge < -0.3 is 14.5 Å². The van der Waals surface area contributed by atoms with E-state index in [9.17, 15) is 18.4 Å². The van der Waals surface area contributed by atoms with Crippen LogP contribution < -0.4 is 10.2 Å². The van der Waals surface area contributed by atoms with Crippen LogP contribution in [0.25, 0.3) is 0 Å². The van der Waals surface area contributed by atoms with Crippen LogP contribution in [0, 0.1) is 0 Å². The maximum Gasteiger partial charge on any atom is 0.311 e. The van der Waals surface area contributed by atoms with Gasteiger partial charge in [-0.3, -0.25) is 9.59 Å². The van der Waals surface area contributed by atoms with E-state index < -0.39 is 23.4 Å². The Kier molecular flexibility index (Phi) is 4.19.